The summed E-state index contributed by atoms with van der Waals surface area (Å²) in [6.07, 6.45) is 7.70. The van der Waals surface area contributed by atoms with E-state index in [9.17, 15) is 5.11 Å². The lowest BCUT2D eigenvalue weighted by Crippen LogP contribution is -2.18. The molecule has 1 aromatic carbocycles. The van der Waals surface area contributed by atoms with Gasteiger partial charge in [-0.05, 0) is 52.2 Å². The summed E-state index contributed by atoms with van der Waals surface area (Å²) in [4.78, 5) is 0. The number of aromatic hydroxyl groups is 1. The zero-order chi connectivity index (χ0) is 13.1. The van der Waals surface area contributed by atoms with Crippen LogP contribution in [0.1, 0.15) is 56.9 Å². The van der Waals surface area contributed by atoms with E-state index in [1.165, 1.54) is 44.1 Å². The van der Waals surface area contributed by atoms with E-state index in [1.54, 1.807) is 0 Å². The molecule has 2 unspecified atom stereocenters. The summed E-state index contributed by atoms with van der Waals surface area (Å²) in [7, 11) is 0. The summed E-state index contributed by atoms with van der Waals surface area (Å²) in [5.41, 5.74) is 7.42. The molecule has 3 heteroatoms. The quantitative estimate of drug-likeness (QED) is 0.621. The Morgan fingerprint density at radius 1 is 1.33 bits per heavy atom. The van der Waals surface area contributed by atoms with E-state index in [0.29, 0.717) is 11.6 Å². The fourth-order valence-corrected chi connectivity index (χ4v) is 3.87. The van der Waals surface area contributed by atoms with Gasteiger partial charge < -0.3 is 10.8 Å². The van der Waals surface area contributed by atoms with Crippen LogP contribution in [0, 0.1) is 5.92 Å². The monoisotopic (exact) mass is 311 g/mol. The van der Waals surface area contributed by atoms with Crippen LogP contribution >= 0.6 is 15.9 Å². The average Bonchev–Trinajstić information content (AvgIpc) is 2.38. The summed E-state index contributed by atoms with van der Waals surface area (Å²) < 4.78 is 0.801. The number of phenolic OH excluding ortho intramolecular Hbond substituents is 1. The van der Waals surface area contributed by atoms with Gasteiger partial charge in [0.15, 0.2) is 5.75 Å². The Labute approximate surface area is 118 Å². The van der Waals surface area contributed by atoms with Crippen molar-refractivity contribution in [3.8, 4) is 5.75 Å². The summed E-state index contributed by atoms with van der Waals surface area (Å²) in [6, 6.07) is 3.91. The first-order chi connectivity index (χ1) is 8.65. The third-order valence-corrected chi connectivity index (χ3v) is 4.98. The molecular weight excluding hydrogens is 290 g/mol. The first-order valence-corrected chi connectivity index (χ1v) is 7.71. The van der Waals surface area contributed by atoms with Crippen LogP contribution in [0.5, 0.6) is 5.75 Å². The molecule has 1 fully saturated rings. The summed E-state index contributed by atoms with van der Waals surface area (Å²) in [6.45, 7) is 2.25. The second kappa shape index (κ2) is 5.96. The smallest absolute Gasteiger partial charge is 0.152 e. The number of hydrogen-bond acceptors (Lipinski definition) is 2. The molecule has 2 atom stereocenters. The van der Waals surface area contributed by atoms with Gasteiger partial charge >= 0.3 is 0 Å². The number of nitrogen functional groups attached to an aromatic ring is 1. The zero-order valence-corrected chi connectivity index (χ0v) is 12.5. The van der Waals surface area contributed by atoms with E-state index in [2.05, 4.69) is 28.9 Å². The predicted molar refractivity (Wildman–Crippen MR) is 79.8 cm³/mol. The minimum atomic E-state index is 0.202. The van der Waals surface area contributed by atoms with Crippen molar-refractivity contribution in [3.05, 3.63) is 22.2 Å². The van der Waals surface area contributed by atoms with Crippen LogP contribution < -0.4 is 5.73 Å². The molecule has 0 amide bonds. The molecule has 0 aliphatic heterocycles. The van der Waals surface area contributed by atoms with E-state index in [0.717, 1.165) is 10.4 Å². The molecule has 2 nitrogen and oxygen atoms in total. The Hall–Kier alpha value is -0.700. The molecule has 3 N–H and O–H groups in total. The van der Waals surface area contributed by atoms with Gasteiger partial charge in [0.1, 0.15) is 0 Å². The topological polar surface area (TPSA) is 46.2 Å². The molecule has 1 saturated carbocycles. The van der Waals surface area contributed by atoms with Gasteiger partial charge in [-0.15, -0.1) is 0 Å². The van der Waals surface area contributed by atoms with E-state index in [4.69, 9.17) is 5.73 Å². The highest BCUT2D eigenvalue weighted by molar-refractivity contribution is 9.10. The maximum atomic E-state index is 9.96. The van der Waals surface area contributed by atoms with E-state index >= 15 is 0 Å². The van der Waals surface area contributed by atoms with Crippen molar-refractivity contribution < 1.29 is 5.11 Å². The number of rotatable bonds is 3. The minimum absolute atomic E-state index is 0.202. The second-order valence-corrected chi connectivity index (χ2v) is 6.14. The van der Waals surface area contributed by atoms with Crippen LogP contribution in [0.2, 0.25) is 0 Å². The third-order valence-electron chi connectivity index (χ3n) is 4.15. The van der Waals surface area contributed by atoms with Gasteiger partial charge in [0.2, 0.25) is 0 Å². The maximum Gasteiger partial charge on any atom is 0.152 e. The van der Waals surface area contributed by atoms with Crippen molar-refractivity contribution in [2.45, 2.75) is 51.4 Å². The highest BCUT2D eigenvalue weighted by Crippen LogP contribution is 2.45. The summed E-state index contributed by atoms with van der Waals surface area (Å²) >= 11 is 3.52. The number of anilines is 1. The molecule has 100 valence electrons. The van der Waals surface area contributed by atoms with Crippen molar-refractivity contribution in [2.75, 3.05) is 5.73 Å². The third kappa shape index (κ3) is 2.66. The number of nitrogens with two attached hydrogens (primary N) is 1. The molecule has 1 aliphatic carbocycles. The Kier molecular flexibility index (Phi) is 4.55. The molecule has 0 heterocycles. The Balaban J connectivity index is 2.31. The Morgan fingerprint density at radius 2 is 2.06 bits per heavy atom. The minimum Gasteiger partial charge on any atom is -0.505 e. The van der Waals surface area contributed by atoms with Crippen molar-refractivity contribution in [1.29, 1.82) is 0 Å². The van der Waals surface area contributed by atoms with Gasteiger partial charge in [0.05, 0.1) is 10.2 Å². The fraction of sp³-hybridized carbons (Fsp3) is 0.600. The number of benzene rings is 1. The lowest BCUT2D eigenvalue weighted by Gasteiger charge is -2.32. The lowest BCUT2D eigenvalue weighted by molar-refractivity contribution is 0.287. The normalized spacial score (nSPS) is 24.1. The average molecular weight is 312 g/mol. The van der Waals surface area contributed by atoms with Gasteiger partial charge in [-0.25, -0.2) is 0 Å². The number of phenols is 1. The Morgan fingerprint density at radius 3 is 2.78 bits per heavy atom. The largest absolute Gasteiger partial charge is 0.505 e. The van der Waals surface area contributed by atoms with Crippen LogP contribution in [-0.4, -0.2) is 5.11 Å². The molecule has 1 aromatic rings. The fourth-order valence-electron chi connectivity index (χ4n) is 3.21. The molecule has 0 bridgehead atoms. The highest BCUT2D eigenvalue weighted by atomic mass is 79.9. The van der Waals surface area contributed by atoms with E-state index in [1.807, 2.05) is 6.07 Å². The molecule has 0 saturated heterocycles. The molecule has 1 aliphatic rings. The van der Waals surface area contributed by atoms with Gasteiger partial charge in [-0.3, -0.25) is 0 Å². The number of halogens is 1. The predicted octanol–water partition coefficient (Wildman–Crippen LogP) is 4.81. The molecular formula is C15H22BrNO. The van der Waals surface area contributed by atoms with E-state index in [-0.39, 0.29) is 5.75 Å². The molecule has 0 aromatic heterocycles. The van der Waals surface area contributed by atoms with Gasteiger partial charge in [0.25, 0.3) is 0 Å². The van der Waals surface area contributed by atoms with Crippen LogP contribution in [-0.2, 0) is 0 Å². The molecule has 0 radical (unpaired) electrons. The first-order valence-electron chi connectivity index (χ1n) is 6.92. The first kappa shape index (κ1) is 13.7. The lowest BCUT2D eigenvalue weighted by atomic mass is 9.73. The zero-order valence-electron chi connectivity index (χ0n) is 11.0. The van der Waals surface area contributed by atoms with Gasteiger partial charge in [-0.2, -0.15) is 0 Å². The maximum absolute atomic E-state index is 9.96. The van der Waals surface area contributed by atoms with Crippen LogP contribution in [0.3, 0.4) is 0 Å². The summed E-state index contributed by atoms with van der Waals surface area (Å²) in [5, 5.41) is 9.96. The van der Waals surface area contributed by atoms with Gasteiger partial charge in [-0.1, -0.05) is 38.7 Å². The number of hydrogen-bond donors (Lipinski definition) is 2. The van der Waals surface area contributed by atoms with Gasteiger partial charge in [0, 0.05) is 0 Å². The standard InChI is InChI=1S/C15H22BrNO/c1-2-5-10-6-3-4-7-11(10)12-8-9-13(17)15(18)14(12)16/h8-11,18H,2-7,17H2,1H3. The second-order valence-electron chi connectivity index (χ2n) is 5.35. The highest BCUT2D eigenvalue weighted by Gasteiger charge is 2.28. The van der Waals surface area contributed by atoms with Crippen LogP contribution in [0.15, 0.2) is 16.6 Å². The van der Waals surface area contributed by atoms with Crippen molar-refractivity contribution >= 4 is 21.6 Å². The molecule has 0 spiro atoms. The van der Waals surface area contributed by atoms with Crippen molar-refractivity contribution in [3.63, 3.8) is 0 Å². The van der Waals surface area contributed by atoms with Crippen LogP contribution in [0.25, 0.3) is 0 Å². The Bertz CT molecular complexity index is 417. The molecule has 18 heavy (non-hydrogen) atoms. The van der Waals surface area contributed by atoms with E-state index < -0.39 is 0 Å². The SMILES string of the molecule is CCCC1CCCCC1c1ccc(N)c(O)c1Br. The van der Waals surface area contributed by atoms with Crippen molar-refractivity contribution in [2.24, 2.45) is 5.92 Å². The molecule has 2 rings (SSSR count). The van der Waals surface area contributed by atoms with Crippen molar-refractivity contribution in [1.82, 2.24) is 0 Å². The summed E-state index contributed by atoms with van der Waals surface area (Å²) in [5.74, 6) is 1.52. The van der Waals surface area contributed by atoms with Crippen LogP contribution in [0.4, 0.5) is 5.69 Å².